The second-order valence-corrected chi connectivity index (χ2v) is 5.33. The normalized spacial score (nSPS) is 12.7. The van der Waals surface area contributed by atoms with Gasteiger partial charge in [-0.25, -0.2) is 13.1 Å². The molecule has 18 heavy (non-hydrogen) atoms. The van der Waals surface area contributed by atoms with E-state index in [-0.39, 0.29) is 11.5 Å². The lowest BCUT2D eigenvalue weighted by Crippen LogP contribution is -2.28. The van der Waals surface area contributed by atoms with Gasteiger partial charge in [0.15, 0.2) is 0 Å². The average molecular weight is 283 g/mol. The van der Waals surface area contributed by atoms with Gasteiger partial charge < -0.3 is 5.11 Å². The predicted octanol–water partition coefficient (Wildman–Crippen LogP) is 1.41. The van der Waals surface area contributed by atoms with E-state index in [1.807, 2.05) is 4.72 Å². The summed E-state index contributed by atoms with van der Waals surface area (Å²) in [5, 5.41) is 8.77. The number of benzene rings is 1. The Morgan fingerprint density at radius 2 is 1.72 bits per heavy atom. The third kappa shape index (κ3) is 4.63. The van der Waals surface area contributed by atoms with Crippen LogP contribution in [0.3, 0.4) is 0 Å². The maximum atomic E-state index is 11.9. The van der Waals surface area contributed by atoms with Crippen LogP contribution in [-0.4, -0.2) is 26.2 Å². The maximum Gasteiger partial charge on any atom is 0.390 e. The lowest BCUT2D eigenvalue weighted by Gasteiger charge is -2.09. The maximum absolute atomic E-state index is 11.9. The zero-order chi connectivity index (χ0) is 13.8. The quantitative estimate of drug-likeness (QED) is 0.858. The average Bonchev–Trinajstić information content (AvgIpc) is 2.27. The van der Waals surface area contributed by atoms with Crippen molar-refractivity contribution in [1.82, 2.24) is 4.72 Å². The van der Waals surface area contributed by atoms with Crippen molar-refractivity contribution in [2.45, 2.75) is 24.1 Å². The van der Waals surface area contributed by atoms with E-state index in [1.54, 1.807) is 0 Å². The summed E-state index contributed by atoms with van der Waals surface area (Å²) in [4.78, 5) is -0.137. The molecule has 0 bridgehead atoms. The van der Waals surface area contributed by atoms with Gasteiger partial charge >= 0.3 is 6.18 Å². The van der Waals surface area contributed by atoms with Gasteiger partial charge in [0.25, 0.3) is 0 Å². The second-order valence-electron chi connectivity index (χ2n) is 3.57. The molecule has 8 heteroatoms. The molecule has 0 heterocycles. The minimum absolute atomic E-state index is 0.137. The Morgan fingerprint density at radius 1 is 1.17 bits per heavy atom. The Bertz CT molecular complexity index is 482. The molecule has 0 atom stereocenters. The van der Waals surface area contributed by atoms with Gasteiger partial charge in [-0.3, -0.25) is 0 Å². The fourth-order valence-electron chi connectivity index (χ4n) is 1.18. The van der Waals surface area contributed by atoms with Gasteiger partial charge in [-0.1, -0.05) is 12.1 Å². The van der Waals surface area contributed by atoms with Crippen LogP contribution in [0, 0.1) is 0 Å². The first-order chi connectivity index (χ1) is 8.24. The summed E-state index contributed by atoms with van der Waals surface area (Å²) in [5.41, 5.74) is 0.518. The number of alkyl halides is 3. The zero-order valence-corrected chi connectivity index (χ0v) is 10.1. The number of hydrogen-bond donors (Lipinski definition) is 2. The van der Waals surface area contributed by atoms with Gasteiger partial charge in [-0.2, -0.15) is 13.2 Å². The van der Waals surface area contributed by atoms with Crippen molar-refractivity contribution in [2.75, 3.05) is 6.54 Å². The predicted molar refractivity (Wildman–Crippen MR) is 58.2 cm³/mol. The van der Waals surface area contributed by atoms with Gasteiger partial charge in [0.1, 0.15) is 0 Å². The Labute approximate surface area is 102 Å². The van der Waals surface area contributed by atoms with Crippen molar-refractivity contribution in [2.24, 2.45) is 0 Å². The van der Waals surface area contributed by atoms with Crippen LogP contribution >= 0.6 is 0 Å². The number of nitrogens with one attached hydrogen (secondary N) is 1. The molecular weight excluding hydrogens is 271 g/mol. The van der Waals surface area contributed by atoms with E-state index in [1.165, 1.54) is 24.3 Å². The van der Waals surface area contributed by atoms with Crippen LogP contribution in [0.4, 0.5) is 13.2 Å². The van der Waals surface area contributed by atoms with E-state index in [2.05, 4.69) is 0 Å². The summed E-state index contributed by atoms with van der Waals surface area (Å²) in [5.74, 6) is 0. The Balaban J connectivity index is 2.68. The minimum Gasteiger partial charge on any atom is -0.392 e. The first-order valence-corrected chi connectivity index (χ1v) is 6.49. The van der Waals surface area contributed by atoms with E-state index in [9.17, 15) is 21.6 Å². The zero-order valence-electron chi connectivity index (χ0n) is 9.24. The smallest absolute Gasteiger partial charge is 0.390 e. The summed E-state index contributed by atoms with van der Waals surface area (Å²) in [6.07, 6.45) is -5.62. The van der Waals surface area contributed by atoms with Gasteiger partial charge in [0, 0.05) is 6.54 Å². The molecule has 0 aromatic heterocycles. The van der Waals surface area contributed by atoms with E-state index in [0.29, 0.717) is 5.56 Å². The summed E-state index contributed by atoms with van der Waals surface area (Å²) >= 11 is 0. The minimum atomic E-state index is -4.40. The van der Waals surface area contributed by atoms with Crippen LogP contribution in [0.1, 0.15) is 12.0 Å². The van der Waals surface area contributed by atoms with Crippen molar-refractivity contribution in [3.63, 3.8) is 0 Å². The summed E-state index contributed by atoms with van der Waals surface area (Å²) < 4.78 is 60.6. The summed E-state index contributed by atoms with van der Waals surface area (Å²) in [6, 6.07) is 5.22. The van der Waals surface area contributed by atoms with Gasteiger partial charge in [0.2, 0.25) is 10.0 Å². The van der Waals surface area contributed by atoms with Crippen molar-refractivity contribution in [3.8, 4) is 0 Å². The van der Waals surface area contributed by atoms with Crippen molar-refractivity contribution < 1.29 is 26.7 Å². The number of aliphatic hydroxyl groups is 1. The first-order valence-electron chi connectivity index (χ1n) is 5.01. The molecule has 4 nitrogen and oxygen atoms in total. The Kier molecular flexibility index (Phi) is 4.71. The second kappa shape index (κ2) is 5.68. The number of rotatable bonds is 5. The van der Waals surface area contributed by atoms with Gasteiger partial charge in [-0.15, -0.1) is 0 Å². The molecule has 0 aliphatic rings. The molecule has 0 radical (unpaired) electrons. The topological polar surface area (TPSA) is 66.4 Å². The molecule has 1 aromatic rings. The molecule has 1 rings (SSSR count). The number of halogens is 3. The number of sulfonamides is 1. The third-order valence-electron chi connectivity index (χ3n) is 2.12. The lowest BCUT2D eigenvalue weighted by molar-refractivity contribution is -0.132. The lowest BCUT2D eigenvalue weighted by atomic mass is 10.2. The van der Waals surface area contributed by atoms with Crippen molar-refractivity contribution >= 4 is 10.0 Å². The molecule has 0 aliphatic heterocycles. The number of hydrogen-bond acceptors (Lipinski definition) is 3. The fraction of sp³-hybridized carbons (Fsp3) is 0.400. The van der Waals surface area contributed by atoms with Gasteiger partial charge in [0.05, 0.1) is 17.9 Å². The standard InChI is InChI=1S/C10H12F3NO3S/c11-10(12,13)5-6-14-18(16,17)9-3-1-8(7-15)2-4-9/h1-4,14-15H,5-7H2. The van der Waals surface area contributed by atoms with E-state index in [4.69, 9.17) is 5.11 Å². The Morgan fingerprint density at radius 3 is 2.17 bits per heavy atom. The molecule has 0 amide bonds. The third-order valence-corrected chi connectivity index (χ3v) is 3.59. The van der Waals surface area contributed by atoms with E-state index < -0.39 is 29.2 Å². The molecular formula is C10H12F3NO3S. The van der Waals surface area contributed by atoms with E-state index in [0.717, 1.165) is 0 Å². The SMILES string of the molecule is O=S(=O)(NCCC(F)(F)F)c1ccc(CO)cc1. The summed E-state index contributed by atoms with van der Waals surface area (Å²) in [7, 11) is -3.94. The fourth-order valence-corrected chi connectivity index (χ4v) is 2.22. The molecule has 1 aromatic carbocycles. The molecule has 0 spiro atoms. The van der Waals surface area contributed by atoms with Crippen LogP contribution in [0.2, 0.25) is 0 Å². The molecule has 0 fully saturated rings. The van der Waals surface area contributed by atoms with Crippen molar-refractivity contribution in [1.29, 1.82) is 0 Å². The molecule has 2 N–H and O–H groups in total. The van der Waals surface area contributed by atoms with Crippen LogP contribution in [0.15, 0.2) is 29.2 Å². The van der Waals surface area contributed by atoms with E-state index >= 15 is 0 Å². The molecule has 0 unspecified atom stereocenters. The van der Waals surface area contributed by atoms with Crippen LogP contribution in [-0.2, 0) is 16.6 Å². The summed E-state index contributed by atoms with van der Waals surface area (Å²) in [6.45, 7) is -0.935. The molecule has 0 aliphatic carbocycles. The van der Waals surface area contributed by atoms with Crippen LogP contribution in [0.5, 0.6) is 0 Å². The van der Waals surface area contributed by atoms with Crippen LogP contribution in [0.25, 0.3) is 0 Å². The number of aliphatic hydroxyl groups excluding tert-OH is 1. The highest BCUT2D eigenvalue weighted by atomic mass is 32.2. The highest BCUT2D eigenvalue weighted by molar-refractivity contribution is 7.89. The largest absolute Gasteiger partial charge is 0.392 e. The highest BCUT2D eigenvalue weighted by Crippen LogP contribution is 2.19. The first kappa shape index (κ1) is 14.9. The molecule has 0 saturated carbocycles. The monoisotopic (exact) mass is 283 g/mol. The Hall–Kier alpha value is -1.12. The van der Waals surface area contributed by atoms with Crippen molar-refractivity contribution in [3.05, 3.63) is 29.8 Å². The van der Waals surface area contributed by atoms with Gasteiger partial charge in [-0.05, 0) is 17.7 Å². The molecule has 102 valence electrons. The highest BCUT2D eigenvalue weighted by Gasteiger charge is 2.27. The molecule has 0 saturated heterocycles. The van der Waals surface area contributed by atoms with Crippen LogP contribution < -0.4 is 4.72 Å².